The first-order valence-corrected chi connectivity index (χ1v) is 4.93. The summed E-state index contributed by atoms with van der Waals surface area (Å²) in [6, 6.07) is 12.0. The van der Waals surface area contributed by atoms with Crippen molar-refractivity contribution in [2.45, 2.75) is 0 Å². The van der Waals surface area contributed by atoms with Gasteiger partial charge < -0.3 is 24.9 Å². The molecule has 1 aromatic carbocycles. The number of carbonyl (C=O) groups excluding carboxylic acids is 2. The minimum absolute atomic E-state index is 0. The topological polar surface area (TPSA) is 121 Å². The van der Waals surface area contributed by atoms with E-state index in [0.717, 1.165) is 0 Å². The van der Waals surface area contributed by atoms with Crippen LogP contribution in [0.4, 0.5) is 0 Å². The van der Waals surface area contributed by atoms with Gasteiger partial charge in [0.2, 0.25) is 0 Å². The van der Waals surface area contributed by atoms with Crippen LogP contribution in [0.1, 0.15) is 0 Å². The predicted molar refractivity (Wildman–Crippen MR) is 64.8 cm³/mol. The summed E-state index contributed by atoms with van der Waals surface area (Å²) in [4.78, 5) is 27.9. The van der Waals surface area contributed by atoms with E-state index >= 15 is 0 Å². The number of carbonyl (C=O) groups is 3. The fourth-order valence-corrected chi connectivity index (χ4v) is 0.655. The zero-order chi connectivity index (χ0) is 15.5. The van der Waals surface area contributed by atoms with E-state index in [0.29, 0.717) is 0 Å². The molecule has 0 aromatic heterocycles. The van der Waals surface area contributed by atoms with Crippen molar-refractivity contribution in [3.05, 3.63) is 36.4 Å². The Labute approximate surface area is 128 Å². The molecule has 0 atom stereocenters. The molecule has 0 aliphatic heterocycles. The standard InChI is InChI=1S/C6H6.C4H9NO2.2CH2O2.Cu/c1-2-4-6-5-3-1;1-5(2)3-4(6)7;2*2-1-3;/h1-6H;3H2,1-2H3,(H,6,7);2*1H,(H,2,3);/q;;;;+2/p-2. The SMILES string of the molecule is CN(C)CC(=O)O.O=C[O-].O=C[O-].[Cu+2].c1ccccc1. The molecule has 1 radical (unpaired) electrons. The smallest absolute Gasteiger partial charge is 0.554 e. The van der Waals surface area contributed by atoms with Crippen LogP contribution in [0.25, 0.3) is 0 Å². The molecule has 0 saturated heterocycles. The second-order valence-electron chi connectivity index (χ2n) is 2.98. The Balaban J connectivity index is -0.0000000900. The summed E-state index contributed by atoms with van der Waals surface area (Å²) >= 11 is 0. The molecule has 0 spiro atoms. The monoisotopic (exact) mass is 334 g/mol. The number of benzene rings is 1. The Bertz CT molecular complexity index is 275. The van der Waals surface area contributed by atoms with Crippen LogP contribution in [-0.4, -0.2) is 49.6 Å². The van der Waals surface area contributed by atoms with Crippen molar-refractivity contribution in [2.24, 2.45) is 0 Å². The Hall–Kier alpha value is -1.89. The van der Waals surface area contributed by atoms with Crippen LogP contribution in [-0.2, 0) is 31.5 Å². The number of rotatable bonds is 2. The van der Waals surface area contributed by atoms with Crippen molar-refractivity contribution in [1.82, 2.24) is 4.90 Å². The van der Waals surface area contributed by atoms with Gasteiger partial charge in [0.05, 0.1) is 6.54 Å². The summed E-state index contributed by atoms with van der Waals surface area (Å²) in [7, 11) is 3.43. The van der Waals surface area contributed by atoms with Gasteiger partial charge in [0.25, 0.3) is 0 Å². The second kappa shape index (κ2) is 25.8. The number of carboxylic acid groups (broad SMARTS) is 3. The fourth-order valence-electron chi connectivity index (χ4n) is 0.655. The van der Waals surface area contributed by atoms with E-state index in [1.807, 2.05) is 36.4 Å². The number of aliphatic carboxylic acids is 1. The molecule has 8 heteroatoms. The first kappa shape index (κ1) is 26.6. The van der Waals surface area contributed by atoms with Crippen LogP contribution in [0.3, 0.4) is 0 Å². The molecule has 0 amide bonds. The molecule has 1 aromatic rings. The van der Waals surface area contributed by atoms with E-state index in [1.54, 1.807) is 19.0 Å². The van der Waals surface area contributed by atoms with E-state index in [1.165, 1.54) is 0 Å². The minimum Gasteiger partial charge on any atom is -0.554 e. The molecule has 0 fully saturated rings. The van der Waals surface area contributed by atoms with Crippen LogP contribution < -0.4 is 10.2 Å². The van der Waals surface area contributed by atoms with Crippen LogP contribution >= 0.6 is 0 Å². The van der Waals surface area contributed by atoms with Gasteiger partial charge in [-0.25, -0.2) is 0 Å². The molecule has 0 unspecified atom stereocenters. The maximum absolute atomic E-state index is 9.77. The molecule has 0 heterocycles. The van der Waals surface area contributed by atoms with Crippen LogP contribution in [0.5, 0.6) is 0 Å². The van der Waals surface area contributed by atoms with Gasteiger partial charge in [0, 0.05) is 12.9 Å². The average Bonchev–Trinajstić information content (AvgIpc) is 2.32. The average molecular weight is 335 g/mol. The van der Waals surface area contributed by atoms with Crippen molar-refractivity contribution in [2.75, 3.05) is 20.6 Å². The van der Waals surface area contributed by atoms with Crippen LogP contribution in [0.15, 0.2) is 36.4 Å². The first-order valence-electron chi connectivity index (χ1n) is 4.93. The number of nitrogens with zero attached hydrogens (tertiary/aromatic N) is 1. The third kappa shape index (κ3) is 55.9. The summed E-state index contributed by atoms with van der Waals surface area (Å²) in [5.41, 5.74) is 0. The zero-order valence-corrected chi connectivity index (χ0v) is 12.0. The van der Waals surface area contributed by atoms with E-state index in [2.05, 4.69) is 0 Å². The van der Waals surface area contributed by atoms with Crippen molar-refractivity contribution in [1.29, 1.82) is 0 Å². The minimum atomic E-state index is -0.787. The van der Waals surface area contributed by atoms with Crippen LogP contribution in [0.2, 0.25) is 0 Å². The predicted octanol–water partition coefficient (Wildman–Crippen LogP) is -1.95. The zero-order valence-electron chi connectivity index (χ0n) is 11.1. The third-order valence-electron chi connectivity index (χ3n) is 1.12. The number of hydrogen-bond donors (Lipinski definition) is 1. The molecule has 0 aliphatic carbocycles. The summed E-state index contributed by atoms with van der Waals surface area (Å²) < 4.78 is 0. The molecular weight excluding hydrogens is 318 g/mol. The molecule has 0 saturated carbocycles. The van der Waals surface area contributed by atoms with Crippen molar-refractivity contribution in [3.63, 3.8) is 0 Å². The Morgan fingerprint density at radius 3 is 1.25 bits per heavy atom. The van der Waals surface area contributed by atoms with E-state index in [4.69, 9.17) is 24.9 Å². The maximum Gasteiger partial charge on any atom is 2.00 e. The molecule has 0 bridgehead atoms. The largest absolute Gasteiger partial charge is 2.00 e. The number of carboxylic acids is 1. The van der Waals surface area contributed by atoms with Crippen LogP contribution in [0, 0.1) is 0 Å². The summed E-state index contributed by atoms with van der Waals surface area (Å²) in [6.07, 6.45) is 0. The Kier molecular flexibility index (Phi) is 34.4. The van der Waals surface area contributed by atoms with Gasteiger partial charge >= 0.3 is 23.0 Å². The fraction of sp³-hybridized carbons (Fsp3) is 0.250. The summed E-state index contributed by atoms with van der Waals surface area (Å²) in [5, 5.41) is 24.5. The number of hydrogen-bond acceptors (Lipinski definition) is 6. The van der Waals surface area contributed by atoms with Crippen molar-refractivity contribution < 1.29 is 46.8 Å². The normalized spacial score (nSPS) is 6.95. The van der Waals surface area contributed by atoms with E-state index in [-0.39, 0.29) is 23.6 Å². The second-order valence-corrected chi connectivity index (χ2v) is 2.98. The quantitative estimate of drug-likeness (QED) is 0.492. The van der Waals surface area contributed by atoms with Gasteiger partial charge in [-0.3, -0.25) is 9.69 Å². The molecule has 117 valence electrons. The molecular formula is C12H17CuNO6. The summed E-state index contributed by atoms with van der Waals surface area (Å²) in [5.74, 6) is -0.787. The first-order chi connectivity index (χ1) is 8.95. The number of likely N-dealkylation sites (N-methyl/N-ethyl adjacent to an activating group) is 1. The van der Waals surface area contributed by atoms with Crippen molar-refractivity contribution in [3.8, 4) is 0 Å². The van der Waals surface area contributed by atoms with Gasteiger partial charge in [-0.2, -0.15) is 0 Å². The van der Waals surface area contributed by atoms with Gasteiger partial charge in [-0.1, -0.05) is 36.4 Å². The molecule has 20 heavy (non-hydrogen) atoms. The van der Waals surface area contributed by atoms with Gasteiger partial charge in [-0.15, -0.1) is 0 Å². The Morgan fingerprint density at radius 1 is 1.00 bits per heavy atom. The maximum atomic E-state index is 9.77. The van der Waals surface area contributed by atoms with Gasteiger partial charge in [-0.05, 0) is 14.1 Å². The Morgan fingerprint density at radius 2 is 1.20 bits per heavy atom. The summed E-state index contributed by atoms with van der Waals surface area (Å²) in [6.45, 7) is -0.889. The van der Waals surface area contributed by atoms with E-state index in [9.17, 15) is 4.79 Å². The van der Waals surface area contributed by atoms with Crippen molar-refractivity contribution >= 4 is 18.9 Å². The van der Waals surface area contributed by atoms with Gasteiger partial charge in [0.1, 0.15) is 0 Å². The third-order valence-corrected chi connectivity index (χ3v) is 1.12. The van der Waals surface area contributed by atoms with E-state index < -0.39 is 18.9 Å². The molecule has 0 aliphatic rings. The molecule has 7 nitrogen and oxygen atoms in total. The molecule has 1 N–H and O–H groups in total. The van der Waals surface area contributed by atoms with Gasteiger partial charge in [0.15, 0.2) is 0 Å². The molecule has 1 rings (SSSR count).